The summed E-state index contributed by atoms with van der Waals surface area (Å²) in [6, 6.07) is 9.12. The molecule has 1 aromatic rings. The average molecular weight is 421 g/mol. The molecule has 2 unspecified atom stereocenters. The molecule has 1 amide bonds. The lowest BCUT2D eigenvalue weighted by molar-refractivity contribution is -0.156. The summed E-state index contributed by atoms with van der Waals surface area (Å²) in [5.41, 5.74) is -0.00531. The second kappa shape index (κ2) is 10.1. The van der Waals surface area contributed by atoms with Gasteiger partial charge in [0.1, 0.15) is 23.9 Å². The SMILES string of the molecule is C=C[C@H](C)[C@@]12CO[C@@H](C(CNC(=O)c3ccccc3)O1)[C@@H]2OP(C)OCC[N-]C. The third kappa shape index (κ3) is 4.88. The van der Waals surface area contributed by atoms with Gasteiger partial charge in [0.25, 0.3) is 5.91 Å². The molecule has 2 saturated heterocycles. The first-order chi connectivity index (χ1) is 14.0. The molecule has 2 aliphatic heterocycles. The van der Waals surface area contributed by atoms with E-state index in [1.807, 2.05) is 30.9 Å². The van der Waals surface area contributed by atoms with Crippen LogP contribution in [0.2, 0.25) is 0 Å². The molecular formula is C21H30N2O5P-. The van der Waals surface area contributed by atoms with Crippen molar-refractivity contribution in [2.75, 3.05) is 40.0 Å². The molecule has 0 aliphatic carbocycles. The van der Waals surface area contributed by atoms with Crippen LogP contribution in [0.1, 0.15) is 17.3 Å². The molecule has 7 nitrogen and oxygen atoms in total. The Morgan fingerprint density at radius 3 is 2.93 bits per heavy atom. The summed E-state index contributed by atoms with van der Waals surface area (Å²) in [4.78, 5) is 12.4. The molecule has 2 fully saturated rings. The zero-order valence-electron chi connectivity index (χ0n) is 17.2. The van der Waals surface area contributed by atoms with Crippen molar-refractivity contribution in [3.05, 3.63) is 53.9 Å². The van der Waals surface area contributed by atoms with Crippen LogP contribution in [0.3, 0.4) is 0 Å². The van der Waals surface area contributed by atoms with Gasteiger partial charge in [-0.2, -0.15) is 7.05 Å². The third-order valence-electron chi connectivity index (χ3n) is 5.49. The van der Waals surface area contributed by atoms with E-state index >= 15 is 0 Å². The molecule has 1 N–H and O–H groups in total. The monoisotopic (exact) mass is 421 g/mol. The average Bonchev–Trinajstić information content (AvgIpc) is 3.24. The summed E-state index contributed by atoms with van der Waals surface area (Å²) in [7, 11) is 0.663. The quantitative estimate of drug-likeness (QED) is 0.337. The molecule has 0 saturated carbocycles. The van der Waals surface area contributed by atoms with Gasteiger partial charge in [0, 0.05) is 31.3 Å². The molecule has 2 aliphatic rings. The van der Waals surface area contributed by atoms with Crippen molar-refractivity contribution in [2.24, 2.45) is 5.92 Å². The number of hydrogen-bond donors (Lipinski definition) is 1. The summed E-state index contributed by atoms with van der Waals surface area (Å²) in [5, 5.41) is 6.99. The number of nitrogens with one attached hydrogen (secondary N) is 1. The fraction of sp³-hybridized carbons (Fsp3) is 0.571. The Labute approximate surface area is 174 Å². The summed E-state index contributed by atoms with van der Waals surface area (Å²) >= 11 is 0. The molecule has 2 bridgehead atoms. The summed E-state index contributed by atoms with van der Waals surface area (Å²) in [5.74, 6) is -0.106. The van der Waals surface area contributed by atoms with Crippen LogP contribution in [-0.4, -0.2) is 69.8 Å². The Kier molecular flexibility index (Phi) is 7.79. The van der Waals surface area contributed by atoms with E-state index in [2.05, 4.69) is 24.1 Å². The Balaban J connectivity index is 1.65. The minimum atomic E-state index is -1.10. The Morgan fingerprint density at radius 2 is 2.24 bits per heavy atom. The zero-order chi connectivity index (χ0) is 20.9. The van der Waals surface area contributed by atoms with Gasteiger partial charge in [-0.25, -0.2) is 0 Å². The fourth-order valence-corrected chi connectivity index (χ4v) is 4.78. The number of ether oxygens (including phenoxy) is 2. The van der Waals surface area contributed by atoms with Crippen LogP contribution in [0.5, 0.6) is 0 Å². The van der Waals surface area contributed by atoms with E-state index in [-0.39, 0.29) is 30.1 Å². The lowest BCUT2D eigenvalue weighted by Crippen LogP contribution is -2.47. The Hall–Kier alpha value is -1.34. The highest BCUT2D eigenvalue weighted by Crippen LogP contribution is 2.51. The topological polar surface area (TPSA) is 80.1 Å². The maximum absolute atomic E-state index is 12.4. The minimum absolute atomic E-state index is 0.0290. The molecule has 0 spiro atoms. The molecule has 6 atom stereocenters. The van der Waals surface area contributed by atoms with Crippen molar-refractivity contribution in [1.29, 1.82) is 0 Å². The molecule has 0 aromatic heterocycles. The number of benzene rings is 1. The largest absolute Gasteiger partial charge is 0.663 e. The molecule has 160 valence electrons. The number of likely N-dealkylation sites (N-methyl/N-ethyl adjacent to an activating group) is 1. The lowest BCUT2D eigenvalue weighted by atomic mass is 9.86. The Morgan fingerprint density at radius 1 is 1.48 bits per heavy atom. The summed E-state index contributed by atoms with van der Waals surface area (Å²) < 4.78 is 24.5. The van der Waals surface area contributed by atoms with Gasteiger partial charge >= 0.3 is 0 Å². The maximum atomic E-state index is 12.4. The highest BCUT2D eigenvalue weighted by Gasteiger charge is 2.64. The fourth-order valence-electron chi connectivity index (χ4n) is 3.77. The van der Waals surface area contributed by atoms with E-state index in [1.54, 1.807) is 19.2 Å². The number of nitrogens with zero attached hydrogens (tertiary/aromatic N) is 1. The van der Waals surface area contributed by atoms with Gasteiger partial charge in [-0.3, -0.25) is 4.79 Å². The van der Waals surface area contributed by atoms with Gasteiger partial charge in [-0.05, 0) is 12.1 Å². The van der Waals surface area contributed by atoms with Crippen LogP contribution in [0.4, 0.5) is 0 Å². The molecule has 2 heterocycles. The second-order valence-electron chi connectivity index (χ2n) is 7.33. The van der Waals surface area contributed by atoms with E-state index in [0.717, 1.165) is 0 Å². The molecule has 1 aromatic carbocycles. The Bertz CT molecular complexity index is 691. The van der Waals surface area contributed by atoms with Crippen molar-refractivity contribution >= 4 is 14.3 Å². The van der Waals surface area contributed by atoms with Crippen LogP contribution in [0.15, 0.2) is 43.0 Å². The number of fused-ring (bicyclic) bond motifs is 2. The van der Waals surface area contributed by atoms with Crippen LogP contribution in [-0.2, 0) is 18.5 Å². The number of carbonyl (C=O) groups excluding carboxylic acids is 1. The molecule has 8 heteroatoms. The molecular weight excluding hydrogens is 391 g/mol. The van der Waals surface area contributed by atoms with Crippen LogP contribution in [0.25, 0.3) is 5.32 Å². The smallest absolute Gasteiger partial charge is 0.251 e. The van der Waals surface area contributed by atoms with Crippen molar-refractivity contribution in [3.63, 3.8) is 0 Å². The van der Waals surface area contributed by atoms with Crippen LogP contribution >= 0.6 is 8.38 Å². The maximum Gasteiger partial charge on any atom is 0.251 e. The number of hydrogen-bond acceptors (Lipinski definition) is 5. The third-order valence-corrected chi connectivity index (χ3v) is 6.56. The van der Waals surface area contributed by atoms with Crippen LogP contribution < -0.4 is 5.32 Å². The standard InChI is InChI=1S/C21H30N2O5P/c1-5-15(2)21-14-25-18(19(21)28-29(4)26-12-11-22-3)17(27-21)13-23-20(24)16-9-7-6-8-10-16/h5-10,15,17-19H,1,11-14H2,2-4H3,(H,23,24)/q-1/t15-,17?,18-,19-,21+,29?/m0/s1. The van der Waals surface area contributed by atoms with Gasteiger partial charge < -0.3 is 29.2 Å². The minimum Gasteiger partial charge on any atom is -0.663 e. The first-order valence-corrected chi connectivity index (χ1v) is 11.5. The first-order valence-electron chi connectivity index (χ1n) is 9.86. The highest BCUT2D eigenvalue weighted by atomic mass is 31.2. The summed E-state index contributed by atoms with van der Waals surface area (Å²) in [6.45, 7) is 9.86. The van der Waals surface area contributed by atoms with Gasteiger partial charge in [0.05, 0.1) is 6.61 Å². The van der Waals surface area contributed by atoms with E-state index in [4.69, 9.17) is 18.5 Å². The predicted molar refractivity (Wildman–Crippen MR) is 113 cm³/mol. The number of rotatable bonds is 11. The van der Waals surface area contributed by atoms with Crippen LogP contribution in [0, 0.1) is 5.92 Å². The van der Waals surface area contributed by atoms with Crippen molar-refractivity contribution < 1.29 is 23.3 Å². The number of carbonyl (C=O) groups is 1. The van der Waals surface area contributed by atoms with E-state index in [0.29, 0.717) is 31.9 Å². The van der Waals surface area contributed by atoms with Crippen molar-refractivity contribution in [1.82, 2.24) is 5.32 Å². The highest BCUT2D eigenvalue weighted by molar-refractivity contribution is 7.46. The normalized spacial score (nSPS) is 30.1. The second-order valence-corrected chi connectivity index (χ2v) is 8.67. The van der Waals surface area contributed by atoms with E-state index in [1.165, 1.54) is 0 Å². The van der Waals surface area contributed by atoms with Crippen molar-refractivity contribution in [2.45, 2.75) is 30.8 Å². The lowest BCUT2D eigenvalue weighted by Gasteiger charge is -2.35. The zero-order valence-corrected chi connectivity index (χ0v) is 18.1. The van der Waals surface area contributed by atoms with Crippen molar-refractivity contribution in [3.8, 4) is 0 Å². The van der Waals surface area contributed by atoms with Gasteiger partial charge in [-0.15, -0.1) is 13.1 Å². The number of amides is 1. The molecule has 3 rings (SSSR count). The van der Waals surface area contributed by atoms with E-state index < -0.39 is 14.0 Å². The first kappa shape index (κ1) is 22.3. The van der Waals surface area contributed by atoms with Gasteiger partial charge in [0.2, 0.25) is 0 Å². The summed E-state index contributed by atoms with van der Waals surface area (Å²) in [6.07, 6.45) is 1.03. The molecule has 29 heavy (non-hydrogen) atoms. The molecule has 0 radical (unpaired) electrons. The van der Waals surface area contributed by atoms with E-state index in [9.17, 15) is 4.79 Å². The van der Waals surface area contributed by atoms with Gasteiger partial charge in [0.15, 0.2) is 8.38 Å². The van der Waals surface area contributed by atoms with Gasteiger partial charge in [-0.1, -0.05) is 31.2 Å². The predicted octanol–water partition coefficient (Wildman–Crippen LogP) is 3.12.